The second-order valence-corrected chi connectivity index (χ2v) is 11.9. The number of anilines is 2. The van der Waals surface area contributed by atoms with Crippen LogP contribution in [-0.4, -0.2) is 21.5 Å². The monoisotopic (exact) mass is 523 g/mol. The summed E-state index contributed by atoms with van der Waals surface area (Å²) in [7, 11) is -2.08. The van der Waals surface area contributed by atoms with E-state index in [1.807, 2.05) is 17.8 Å². The molecule has 1 unspecified atom stereocenters. The van der Waals surface area contributed by atoms with Crippen LogP contribution in [0.15, 0.2) is 52.7 Å². The number of aryl methyl sites for hydroxylation is 1. The Bertz CT molecular complexity index is 1290. The lowest BCUT2D eigenvalue weighted by Crippen LogP contribution is -2.33. The summed E-state index contributed by atoms with van der Waals surface area (Å²) in [5, 5.41) is 6.27. The van der Waals surface area contributed by atoms with Crippen molar-refractivity contribution in [3.63, 3.8) is 0 Å². The summed E-state index contributed by atoms with van der Waals surface area (Å²) in [5.41, 5.74) is 5.24. The number of carbonyl (C=O) groups is 1. The lowest BCUT2D eigenvalue weighted by Gasteiger charge is -2.18. The molecule has 1 aliphatic carbocycles. The highest BCUT2D eigenvalue weighted by molar-refractivity contribution is 7.92. The van der Waals surface area contributed by atoms with Gasteiger partial charge in [-0.3, -0.25) is 0 Å². The van der Waals surface area contributed by atoms with E-state index < -0.39 is 16.1 Å². The molecule has 0 saturated heterocycles. The third-order valence-electron chi connectivity index (χ3n) is 5.70. The quantitative estimate of drug-likeness (QED) is 0.344. The maximum absolute atomic E-state index is 12.3. The minimum atomic E-state index is -4.00. The molecule has 174 valence electrons. The number of carbonyl (C=O) groups excluding carboxylic acids is 1. The van der Waals surface area contributed by atoms with E-state index in [-0.39, 0.29) is 10.1 Å². The maximum atomic E-state index is 12.3. The molecule has 3 N–H and O–H groups in total. The van der Waals surface area contributed by atoms with Crippen LogP contribution in [0.4, 0.5) is 16.2 Å². The van der Waals surface area contributed by atoms with Gasteiger partial charge in [0.15, 0.2) is 0 Å². The molecule has 33 heavy (non-hydrogen) atoms. The smallest absolute Gasteiger partial charge is 0.333 e. The molecule has 1 heterocycles. The number of hydrogen-bond acceptors (Lipinski definition) is 5. The molecular weight excluding hydrogens is 501 g/mol. The van der Waals surface area contributed by atoms with E-state index in [2.05, 4.69) is 28.8 Å². The topological polar surface area (TPSA) is 87.3 Å². The molecule has 0 spiro atoms. The van der Waals surface area contributed by atoms with Crippen molar-refractivity contribution in [2.75, 3.05) is 17.7 Å². The first-order chi connectivity index (χ1) is 15.7. The predicted molar refractivity (Wildman–Crippen MR) is 135 cm³/mol. The Morgan fingerprint density at radius 2 is 1.82 bits per heavy atom. The van der Waals surface area contributed by atoms with E-state index in [0.717, 1.165) is 48.3 Å². The second kappa shape index (κ2) is 9.93. The van der Waals surface area contributed by atoms with E-state index >= 15 is 0 Å². The third kappa shape index (κ3) is 5.63. The van der Waals surface area contributed by atoms with Gasteiger partial charge in [0.05, 0.1) is 4.34 Å². The Balaban J connectivity index is 1.46. The van der Waals surface area contributed by atoms with E-state index in [1.165, 1.54) is 23.3 Å². The van der Waals surface area contributed by atoms with Gasteiger partial charge in [-0.25, -0.2) is 17.9 Å². The van der Waals surface area contributed by atoms with Crippen LogP contribution in [0.25, 0.3) is 0 Å². The first-order valence-electron chi connectivity index (χ1n) is 10.4. The molecule has 10 heteroatoms. The molecule has 1 aliphatic rings. The van der Waals surface area contributed by atoms with Crippen molar-refractivity contribution in [3.05, 3.63) is 74.6 Å². The zero-order chi connectivity index (χ0) is 23.6. The van der Waals surface area contributed by atoms with E-state index in [9.17, 15) is 13.2 Å². The Labute approximate surface area is 207 Å². The number of nitrogens with one attached hydrogen (secondary N) is 3. The largest absolute Gasteiger partial charge is 0.388 e. The number of hydrogen-bond donors (Lipinski definition) is 3. The number of amides is 2. The summed E-state index contributed by atoms with van der Waals surface area (Å²) < 4.78 is 26.9. The fourth-order valence-corrected chi connectivity index (χ4v) is 6.82. The number of sulfonamides is 1. The highest BCUT2D eigenvalue weighted by Crippen LogP contribution is 2.37. The molecule has 0 fully saturated rings. The van der Waals surface area contributed by atoms with Crippen molar-refractivity contribution in [1.82, 2.24) is 4.72 Å². The fraction of sp³-hybridized carbons (Fsp3) is 0.261. The van der Waals surface area contributed by atoms with Crippen molar-refractivity contribution in [2.45, 2.75) is 35.8 Å². The Morgan fingerprint density at radius 1 is 1.03 bits per heavy atom. The van der Waals surface area contributed by atoms with Gasteiger partial charge in [0.1, 0.15) is 4.21 Å². The van der Waals surface area contributed by atoms with Crippen molar-refractivity contribution in [2.24, 2.45) is 0 Å². The van der Waals surface area contributed by atoms with Crippen molar-refractivity contribution in [3.8, 4) is 0 Å². The third-order valence-corrected chi connectivity index (χ3v) is 9.08. The summed E-state index contributed by atoms with van der Waals surface area (Å²) in [6.45, 7) is 0. The van der Waals surface area contributed by atoms with Crippen LogP contribution in [0.1, 0.15) is 35.4 Å². The minimum absolute atomic E-state index is 0.0356. The number of fused-ring (bicyclic) bond motifs is 1. The van der Waals surface area contributed by atoms with Gasteiger partial charge in [0, 0.05) is 23.4 Å². The minimum Gasteiger partial charge on any atom is -0.388 e. The highest BCUT2D eigenvalue weighted by Gasteiger charge is 2.22. The number of benzene rings is 2. The van der Waals surface area contributed by atoms with Crippen LogP contribution in [0.5, 0.6) is 0 Å². The molecule has 6 nitrogen and oxygen atoms in total. The summed E-state index contributed by atoms with van der Waals surface area (Å²) in [5.74, 6) is 0.269. The average Bonchev–Trinajstić information content (AvgIpc) is 3.10. The molecular formula is C23H23Cl2N3O3S2. The molecule has 2 aromatic carbocycles. The van der Waals surface area contributed by atoms with Gasteiger partial charge in [0.25, 0.3) is 10.0 Å². The van der Waals surface area contributed by atoms with Crippen LogP contribution in [0.3, 0.4) is 0 Å². The van der Waals surface area contributed by atoms with Crippen molar-refractivity contribution < 1.29 is 13.2 Å². The lowest BCUT2D eigenvalue weighted by molar-refractivity contribution is 0.256. The number of rotatable bonds is 5. The maximum Gasteiger partial charge on any atom is 0.333 e. The van der Waals surface area contributed by atoms with E-state index in [1.54, 1.807) is 12.1 Å². The van der Waals surface area contributed by atoms with Crippen LogP contribution < -0.4 is 15.4 Å². The standard InChI is InChI=1S/C23H23Cl2N3O3S2/c1-26-17-6-5-15-11-16(4-2-3-14(15)12-17)19-8-7-18(13-20(19)24)27-23(29)28-33(30,31)22-10-9-21(25)32-22/h5-10,12-13,16,26H,2-4,11H2,1H3,(H2,27,28,29). The number of halogens is 2. The zero-order valence-corrected chi connectivity index (χ0v) is 21.0. The van der Waals surface area contributed by atoms with Gasteiger partial charge in [-0.15, -0.1) is 11.3 Å². The Morgan fingerprint density at radius 3 is 2.52 bits per heavy atom. The van der Waals surface area contributed by atoms with Crippen molar-refractivity contribution >= 4 is 62.0 Å². The number of thiophene rings is 1. The average molecular weight is 524 g/mol. The van der Waals surface area contributed by atoms with Crippen LogP contribution in [-0.2, 0) is 22.9 Å². The molecule has 1 aromatic heterocycles. The lowest BCUT2D eigenvalue weighted by atomic mass is 9.89. The van der Waals surface area contributed by atoms with Crippen LogP contribution in [0, 0.1) is 0 Å². The summed E-state index contributed by atoms with van der Waals surface area (Å²) in [4.78, 5) is 12.3. The normalized spacial score (nSPS) is 15.9. The van der Waals surface area contributed by atoms with Gasteiger partial charge >= 0.3 is 6.03 Å². The molecule has 0 aliphatic heterocycles. The number of urea groups is 1. The van der Waals surface area contributed by atoms with Gasteiger partial charge < -0.3 is 10.6 Å². The summed E-state index contributed by atoms with van der Waals surface area (Å²) in [6.07, 6.45) is 4.00. The second-order valence-electron chi connectivity index (χ2n) is 7.88. The van der Waals surface area contributed by atoms with Gasteiger partial charge in [-0.2, -0.15) is 0 Å². The molecule has 3 aromatic rings. The Kier molecular flexibility index (Phi) is 7.19. The van der Waals surface area contributed by atoms with Crippen LogP contribution >= 0.6 is 34.5 Å². The zero-order valence-electron chi connectivity index (χ0n) is 17.8. The molecule has 0 bridgehead atoms. The SMILES string of the molecule is CNc1ccc2c(c1)CCCC(c1ccc(NC(=O)NS(=O)(=O)c3ccc(Cl)s3)cc1Cl)C2. The molecule has 0 radical (unpaired) electrons. The highest BCUT2D eigenvalue weighted by atomic mass is 35.5. The van der Waals surface area contributed by atoms with Gasteiger partial charge in [-0.05, 0) is 84.7 Å². The molecule has 2 amide bonds. The fourth-order valence-electron chi connectivity index (χ4n) is 4.09. The van der Waals surface area contributed by atoms with E-state index in [0.29, 0.717) is 15.0 Å². The Hall–Kier alpha value is -2.26. The van der Waals surface area contributed by atoms with Gasteiger partial charge in [-0.1, -0.05) is 35.3 Å². The van der Waals surface area contributed by atoms with Crippen molar-refractivity contribution in [1.29, 1.82) is 0 Å². The van der Waals surface area contributed by atoms with E-state index in [4.69, 9.17) is 23.2 Å². The molecule has 1 atom stereocenters. The van der Waals surface area contributed by atoms with Crippen LogP contribution in [0.2, 0.25) is 9.36 Å². The first-order valence-corrected chi connectivity index (χ1v) is 13.5. The summed E-state index contributed by atoms with van der Waals surface area (Å²) in [6, 6.07) is 13.7. The predicted octanol–water partition coefficient (Wildman–Crippen LogP) is 6.27. The first kappa shape index (κ1) is 23.9. The van der Waals surface area contributed by atoms with Gasteiger partial charge in [0.2, 0.25) is 0 Å². The molecule has 4 rings (SSSR count). The molecule has 0 saturated carbocycles. The summed E-state index contributed by atoms with van der Waals surface area (Å²) >= 11 is 13.3.